The Morgan fingerprint density at radius 3 is 2.42 bits per heavy atom. The molecule has 1 aromatic rings. The number of carbonyl (C=O) groups excluding carboxylic acids is 2. The molecule has 2 aliphatic heterocycles. The molecular weight excluding hydrogens is 587 g/mol. The molecule has 236 valence electrons. The van der Waals surface area contributed by atoms with Gasteiger partial charge < -0.3 is 44.3 Å². The van der Waals surface area contributed by atoms with Crippen LogP contribution in [0.5, 0.6) is 11.5 Å². The summed E-state index contributed by atoms with van der Waals surface area (Å²) in [5.74, 6) is -5.21. The highest BCUT2D eigenvalue weighted by Crippen LogP contribution is 2.65. The zero-order valence-electron chi connectivity index (χ0n) is 23.2. The van der Waals surface area contributed by atoms with Gasteiger partial charge in [-0.3, -0.25) is 4.79 Å². The number of likely N-dealkylation sites (N-methyl/N-ethyl adjacent to an activating group) is 1. The van der Waals surface area contributed by atoms with Crippen LogP contribution in [0.4, 0.5) is 13.2 Å². The number of aliphatic hydroxyl groups is 2. The maximum absolute atomic E-state index is 12.8. The smallest absolute Gasteiger partial charge is 0.490 e. The van der Waals surface area contributed by atoms with Gasteiger partial charge in [0.15, 0.2) is 17.6 Å². The summed E-state index contributed by atoms with van der Waals surface area (Å²) in [6, 6.07) is 3.63. The number of likely N-dealkylation sites (tertiary alicyclic amines) is 1. The van der Waals surface area contributed by atoms with Crippen LogP contribution in [0.1, 0.15) is 37.3 Å². The summed E-state index contributed by atoms with van der Waals surface area (Å²) in [5, 5.41) is 38.0. The first-order chi connectivity index (χ1) is 20.0. The molecular formula is C27H30F3NO12. The Labute approximate surface area is 242 Å². The number of halogens is 3. The molecule has 2 heterocycles. The topological polar surface area (TPSA) is 189 Å². The lowest BCUT2D eigenvalue weighted by molar-refractivity contribution is -0.192. The molecule has 1 saturated heterocycles. The molecule has 0 amide bonds. The molecule has 0 aromatic heterocycles. The van der Waals surface area contributed by atoms with E-state index in [-0.39, 0.29) is 18.2 Å². The summed E-state index contributed by atoms with van der Waals surface area (Å²) in [6.45, 7) is 1.82. The lowest BCUT2D eigenvalue weighted by Gasteiger charge is -2.61. The van der Waals surface area contributed by atoms with E-state index in [0.717, 1.165) is 18.1 Å². The number of piperidine rings is 1. The predicted molar refractivity (Wildman–Crippen MR) is 135 cm³/mol. The van der Waals surface area contributed by atoms with E-state index in [9.17, 15) is 42.9 Å². The van der Waals surface area contributed by atoms with Crippen molar-refractivity contribution in [2.24, 2.45) is 0 Å². The van der Waals surface area contributed by atoms with Crippen molar-refractivity contribution in [2.75, 3.05) is 20.7 Å². The number of nitrogens with zero attached hydrogens (tertiary/aromatic N) is 1. The van der Waals surface area contributed by atoms with Gasteiger partial charge in [0.25, 0.3) is 0 Å². The maximum atomic E-state index is 12.8. The molecule has 2 bridgehead atoms. The van der Waals surface area contributed by atoms with Gasteiger partial charge in [0.2, 0.25) is 6.10 Å². The number of carboxylic acids is 2. The fraction of sp³-hybridized carbons (Fsp3) is 0.556. The van der Waals surface area contributed by atoms with Crippen LogP contribution < -0.4 is 9.47 Å². The quantitative estimate of drug-likeness (QED) is 0.317. The van der Waals surface area contributed by atoms with Crippen molar-refractivity contribution in [3.8, 4) is 11.5 Å². The van der Waals surface area contributed by atoms with Crippen LogP contribution in [-0.4, -0.2) is 106 Å². The van der Waals surface area contributed by atoms with E-state index in [1.807, 2.05) is 19.2 Å². The van der Waals surface area contributed by atoms with Gasteiger partial charge in [-0.05, 0) is 51.1 Å². The summed E-state index contributed by atoms with van der Waals surface area (Å²) >= 11 is 0. The van der Waals surface area contributed by atoms with Crippen molar-refractivity contribution in [1.29, 1.82) is 0 Å². The van der Waals surface area contributed by atoms with Gasteiger partial charge in [0, 0.05) is 18.0 Å². The maximum Gasteiger partial charge on any atom is 0.490 e. The molecule has 43 heavy (non-hydrogen) atoms. The average Bonchev–Trinajstić information content (AvgIpc) is 3.27. The van der Waals surface area contributed by atoms with Crippen molar-refractivity contribution in [2.45, 2.75) is 74.2 Å². The van der Waals surface area contributed by atoms with E-state index in [1.165, 1.54) is 7.11 Å². The van der Waals surface area contributed by atoms with E-state index in [1.54, 1.807) is 6.08 Å². The molecule has 0 unspecified atom stereocenters. The Morgan fingerprint density at radius 2 is 1.86 bits per heavy atom. The van der Waals surface area contributed by atoms with Crippen LogP contribution in [-0.2, 0) is 40.5 Å². The number of methoxy groups -OCH3 is 1. The Morgan fingerprint density at radius 1 is 1.21 bits per heavy atom. The second-order valence-electron chi connectivity index (χ2n) is 10.7. The number of aliphatic hydroxyl groups excluding tert-OH is 1. The third-order valence-electron chi connectivity index (χ3n) is 8.26. The largest absolute Gasteiger partial charge is 0.493 e. The number of rotatable bonds is 7. The monoisotopic (exact) mass is 617 g/mol. The van der Waals surface area contributed by atoms with E-state index >= 15 is 0 Å². The first kappa shape index (κ1) is 32.0. The molecule has 4 N–H and O–H groups in total. The minimum absolute atomic E-state index is 0.171. The number of carboxylic acid groups (broad SMARTS) is 2. The number of benzene rings is 1. The number of hydrogen-bond acceptors (Lipinski definition) is 11. The Balaban J connectivity index is 0.000000541. The van der Waals surface area contributed by atoms with Gasteiger partial charge in [0.05, 0.1) is 24.5 Å². The summed E-state index contributed by atoms with van der Waals surface area (Å²) in [5.41, 5.74) is -0.147. The van der Waals surface area contributed by atoms with Crippen molar-refractivity contribution >= 4 is 23.9 Å². The molecule has 1 aromatic carbocycles. The van der Waals surface area contributed by atoms with Crippen molar-refractivity contribution < 1.29 is 71.7 Å². The van der Waals surface area contributed by atoms with E-state index < -0.39 is 65.8 Å². The highest BCUT2D eigenvalue weighted by atomic mass is 19.4. The molecule has 13 nitrogen and oxygen atoms in total. The molecule has 1 spiro atoms. The Bertz CT molecular complexity index is 1360. The third kappa shape index (κ3) is 5.38. The molecule has 2 aliphatic carbocycles. The average molecular weight is 618 g/mol. The molecule has 0 radical (unpaired) electrons. The fourth-order valence-corrected chi connectivity index (χ4v) is 6.33. The van der Waals surface area contributed by atoms with Gasteiger partial charge in [-0.2, -0.15) is 13.2 Å². The number of hydrogen-bond donors (Lipinski definition) is 4. The second-order valence-corrected chi connectivity index (χ2v) is 10.7. The second kappa shape index (κ2) is 11.3. The summed E-state index contributed by atoms with van der Waals surface area (Å²) in [7, 11) is 3.51. The van der Waals surface area contributed by atoms with Gasteiger partial charge in [-0.15, -0.1) is 0 Å². The van der Waals surface area contributed by atoms with Crippen molar-refractivity contribution in [1.82, 2.24) is 4.90 Å². The molecule has 0 saturated carbocycles. The predicted octanol–water partition coefficient (Wildman–Crippen LogP) is 0.917. The lowest BCUT2D eigenvalue weighted by atomic mass is 9.50. The van der Waals surface area contributed by atoms with Crippen molar-refractivity contribution in [3.63, 3.8) is 0 Å². The summed E-state index contributed by atoms with van der Waals surface area (Å²) in [4.78, 5) is 47.0. The number of alkyl halides is 3. The first-order valence-corrected chi connectivity index (χ1v) is 13.1. The zero-order valence-corrected chi connectivity index (χ0v) is 23.2. The zero-order chi connectivity index (χ0) is 32.1. The molecule has 1 fully saturated rings. The highest BCUT2D eigenvalue weighted by Gasteiger charge is 2.72. The molecule has 4 aliphatic rings. The Hall–Kier alpha value is -3.89. The third-order valence-corrected chi connectivity index (χ3v) is 8.26. The lowest BCUT2D eigenvalue weighted by Crippen LogP contribution is -2.74. The number of carbonyl (C=O) groups is 4. The van der Waals surface area contributed by atoms with Crippen LogP contribution in [0, 0.1) is 0 Å². The number of esters is 2. The van der Waals surface area contributed by atoms with Crippen LogP contribution in [0.25, 0.3) is 0 Å². The SMILES string of the molecule is COc1ccc2c3c1O[C@H]1C(OC(=O)C[C@H](OC(=O)[C@H](C)O)C(=O)O)=CC[C@@]4(O)[C@@H](C2)N(C)CC[C@]314.O=C(O)C(F)(F)F. The normalized spacial score (nSPS) is 28.0. The number of ether oxygens (including phenoxy) is 4. The first-order valence-electron chi connectivity index (χ1n) is 13.1. The van der Waals surface area contributed by atoms with Gasteiger partial charge in [-0.25, -0.2) is 14.4 Å². The van der Waals surface area contributed by atoms with Crippen LogP contribution >= 0.6 is 0 Å². The Kier molecular flexibility index (Phi) is 8.43. The van der Waals surface area contributed by atoms with E-state index in [2.05, 4.69) is 4.90 Å². The standard InChI is InChI=1S/C25H29NO10.C2HF3O2/c1-12(27)23(31)35-16(22(29)30)11-18(28)34-15-6-7-25(32)17-10-13-4-5-14(33-3)20-19(13)24(25,21(15)36-20)8-9-26(17)2;3-2(4,5)1(6)7/h4-6,12,16-17,21,27,32H,7-11H2,1-3H3,(H,29,30);(H,6,7)/t12-,16-,17+,21-,24-,25+;/m0./s1. The number of aliphatic carboxylic acids is 2. The summed E-state index contributed by atoms with van der Waals surface area (Å²) in [6.07, 6.45) is -7.03. The molecule has 5 rings (SSSR count). The van der Waals surface area contributed by atoms with Gasteiger partial charge >= 0.3 is 30.1 Å². The van der Waals surface area contributed by atoms with Crippen molar-refractivity contribution in [3.05, 3.63) is 35.1 Å². The van der Waals surface area contributed by atoms with Gasteiger partial charge in [0.1, 0.15) is 11.9 Å². The van der Waals surface area contributed by atoms with Crippen LogP contribution in [0.15, 0.2) is 24.0 Å². The van der Waals surface area contributed by atoms with E-state index in [0.29, 0.717) is 30.9 Å². The van der Waals surface area contributed by atoms with Crippen LogP contribution in [0.2, 0.25) is 0 Å². The highest BCUT2D eigenvalue weighted by molar-refractivity contribution is 5.84. The molecule has 16 heteroatoms. The molecule has 6 atom stereocenters. The minimum Gasteiger partial charge on any atom is -0.493 e. The summed E-state index contributed by atoms with van der Waals surface area (Å²) < 4.78 is 54.0. The fourth-order valence-electron chi connectivity index (χ4n) is 6.33. The minimum atomic E-state index is -5.08. The van der Waals surface area contributed by atoms with Gasteiger partial charge in [-0.1, -0.05) is 6.07 Å². The van der Waals surface area contributed by atoms with E-state index in [4.69, 9.17) is 28.8 Å². The van der Waals surface area contributed by atoms with Crippen LogP contribution in [0.3, 0.4) is 0 Å².